The first-order valence-electron chi connectivity index (χ1n) is 6.05. The summed E-state index contributed by atoms with van der Waals surface area (Å²) in [6.07, 6.45) is 3.81. The van der Waals surface area contributed by atoms with Gasteiger partial charge in [-0.2, -0.15) is 0 Å². The van der Waals surface area contributed by atoms with Crippen LogP contribution in [0.2, 0.25) is 0 Å². The molecule has 1 rings (SSSR count). The zero-order valence-electron chi connectivity index (χ0n) is 11.4. The molecule has 0 aromatic carbocycles. The minimum absolute atomic E-state index is 0.135. The molecule has 1 aromatic heterocycles. The normalized spacial score (nSPS) is 10.9. The van der Waals surface area contributed by atoms with Gasteiger partial charge in [-0.25, -0.2) is 4.98 Å². The molecule has 0 aliphatic carbocycles. The zero-order chi connectivity index (χ0) is 14.5. The van der Waals surface area contributed by atoms with Gasteiger partial charge in [0.1, 0.15) is 17.1 Å². The topological polar surface area (TPSA) is 110 Å². The molecule has 0 spiro atoms. The third kappa shape index (κ3) is 4.20. The summed E-state index contributed by atoms with van der Waals surface area (Å²) in [6.45, 7) is 5.82. The Bertz CT molecular complexity index is 473. The lowest BCUT2D eigenvalue weighted by Crippen LogP contribution is -2.53. The van der Waals surface area contributed by atoms with Crippen LogP contribution in [0.15, 0.2) is 12.4 Å². The summed E-state index contributed by atoms with van der Waals surface area (Å²) in [5, 5.41) is 5.54. The van der Waals surface area contributed by atoms with Crippen LogP contribution in [0.25, 0.3) is 0 Å². The first-order chi connectivity index (χ1) is 8.86. The molecule has 0 aliphatic rings. The Labute approximate surface area is 112 Å². The zero-order valence-corrected chi connectivity index (χ0v) is 11.4. The number of primary amides is 1. The van der Waals surface area contributed by atoms with Gasteiger partial charge in [0.05, 0.1) is 12.4 Å². The van der Waals surface area contributed by atoms with Gasteiger partial charge in [-0.05, 0) is 20.3 Å². The number of nitrogens with zero attached hydrogens (tertiary/aromatic N) is 2. The van der Waals surface area contributed by atoms with Crippen molar-refractivity contribution >= 4 is 17.6 Å². The lowest BCUT2D eigenvalue weighted by atomic mass is 10.1. The Hall–Kier alpha value is -2.18. The first kappa shape index (κ1) is 14.9. The standard InChI is InChI=1S/C12H19N5O2/c1-4-5-15-9-7-14-6-8(16-9)10(18)17-12(2,3)11(13)19/h6-7H,4-5H2,1-3H3,(H2,13,19)(H,15,16)(H,17,18). The molecular formula is C12H19N5O2. The van der Waals surface area contributed by atoms with E-state index in [2.05, 4.69) is 20.6 Å². The lowest BCUT2D eigenvalue weighted by Gasteiger charge is -2.21. The van der Waals surface area contributed by atoms with E-state index in [1.54, 1.807) is 0 Å². The van der Waals surface area contributed by atoms with E-state index in [0.717, 1.165) is 13.0 Å². The highest BCUT2D eigenvalue weighted by Gasteiger charge is 2.27. The molecule has 0 unspecified atom stereocenters. The van der Waals surface area contributed by atoms with Crippen molar-refractivity contribution in [2.45, 2.75) is 32.7 Å². The van der Waals surface area contributed by atoms with E-state index in [4.69, 9.17) is 5.73 Å². The van der Waals surface area contributed by atoms with Crippen molar-refractivity contribution in [3.05, 3.63) is 18.1 Å². The smallest absolute Gasteiger partial charge is 0.272 e. The van der Waals surface area contributed by atoms with Crippen LogP contribution in [-0.4, -0.2) is 33.9 Å². The van der Waals surface area contributed by atoms with E-state index in [-0.39, 0.29) is 5.69 Å². The highest BCUT2D eigenvalue weighted by Crippen LogP contribution is 2.06. The second kappa shape index (κ2) is 6.12. The maximum absolute atomic E-state index is 11.9. The van der Waals surface area contributed by atoms with Crippen LogP contribution < -0.4 is 16.4 Å². The van der Waals surface area contributed by atoms with Crippen molar-refractivity contribution < 1.29 is 9.59 Å². The van der Waals surface area contributed by atoms with Gasteiger partial charge in [0.15, 0.2) is 0 Å². The summed E-state index contributed by atoms with van der Waals surface area (Å²) in [5.74, 6) is -0.586. The van der Waals surface area contributed by atoms with Crippen LogP contribution in [0, 0.1) is 0 Å². The molecule has 1 aromatic rings. The van der Waals surface area contributed by atoms with Crippen molar-refractivity contribution in [3.63, 3.8) is 0 Å². The summed E-state index contributed by atoms with van der Waals surface area (Å²) in [4.78, 5) is 31.1. The number of nitrogens with two attached hydrogens (primary N) is 1. The fourth-order valence-corrected chi connectivity index (χ4v) is 1.22. The summed E-state index contributed by atoms with van der Waals surface area (Å²) < 4.78 is 0. The molecule has 0 saturated heterocycles. The quantitative estimate of drug-likeness (QED) is 0.685. The largest absolute Gasteiger partial charge is 0.369 e. The molecule has 7 nitrogen and oxygen atoms in total. The fraction of sp³-hybridized carbons (Fsp3) is 0.500. The minimum atomic E-state index is -1.13. The summed E-state index contributed by atoms with van der Waals surface area (Å²) >= 11 is 0. The minimum Gasteiger partial charge on any atom is -0.369 e. The van der Waals surface area contributed by atoms with Crippen LogP contribution in [0.3, 0.4) is 0 Å². The number of hydrogen-bond acceptors (Lipinski definition) is 5. The molecule has 0 bridgehead atoms. The van der Waals surface area contributed by atoms with Crippen LogP contribution in [-0.2, 0) is 4.79 Å². The van der Waals surface area contributed by atoms with Gasteiger partial charge in [-0.3, -0.25) is 14.6 Å². The molecule has 0 radical (unpaired) electrons. The summed E-state index contributed by atoms with van der Waals surface area (Å²) in [7, 11) is 0. The van der Waals surface area contributed by atoms with E-state index in [1.807, 2.05) is 6.92 Å². The van der Waals surface area contributed by atoms with E-state index in [9.17, 15) is 9.59 Å². The van der Waals surface area contributed by atoms with E-state index < -0.39 is 17.4 Å². The molecule has 0 fully saturated rings. The monoisotopic (exact) mass is 265 g/mol. The van der Waals surface area contributed by atoms with E-state index in [0.29, 0.717) is 5.82 Å². The van der Waals surface area contributed by atoms with Crippen molar-refractivity contribution in [2.75, 3.05) is 11.9 Å². The van der Waals surface area contributed by atoms with Gasteiger partial charge in [0.2, 0.25) is 5.91 Å². The molecule has 2 amide bonds. The average molecular weight is 265 g/mol. The predicted octanol–water partition coefficient (Wildman–Crippen LogP) is 0.292. The SMILES string of the molecule is CCCNc1cncc(C(=O)NC(C)(C)C(N)=O)n1. The van der Waals surface area contributed by atoms with Crippen LogP contribution in [0.1, 0.15) is 37.7 Å². The molecular weight excluding hydrogens is 246 g/mol. The second-order valence-corrected chi connectivity index (χ2v) is 4.66. The predicted molar refractivity (Wildman–Crippen MR) is 71.6 cm³/mol. The Kier molecular flexibility index (Phi) is 4.80. The maximum atomic E-state index is 11.9. The number of hydrogen-bond donors (Lipinski definition) is 3. The molecule has 104 valence electrons. The molecule has 0 aliphatic heterocycles. The number of carbonyl (C=O) groups excluding carboxylic acids is 2. The van der Waals surface area contributed by atoms with Crippen LogP contribution >= 0.6 is 0 Å². The molecule has 1 heterocycles. The maximum Gasteiger partial charge on any atom is 0.272 e. The molecule has 19 heavy (non-hydrogen) atoms. The Morgan fingerprint density at radius 3 is 2.63 bits per heavy atom. The van der Waals surface area contributed by atoms with Gasteiger partial charge in [-0.15, -0.1) is 0 Å². The lowest BCUT2D eigenvalue weighted by molar-refractivity contribution is -0.122. The Morgan fingerprint density at radius 1 is 1.37 bits per heavy atom. The number of rotatable bonds is 6. The van der Waals surface area contributed by atoms with Crippen LogP contribution in [0.5, 0.6) is 0 Å². The summed E-state index contributed by atoms with van der Waals surface area (Å²) in [5.41, 5.74) is 4.19. The third-order valence-corrected chi connectivity index (χ3v) is 2.47. The van der Waals surface area contributed by atoms with Gasteiger partial charge in [0, 0.05) is 6.54 Å². The second-order valence-electron chi connectivity index (χ2n) is 4.66. The van der Waals surface area contributed by atoms with E-state index >= 15 is 0 Å². The van der Waals surface area contributed by atoms with Gasteiger partial charge in [-0.1, -0.05) is 6.92 Å². The van der Waals surface area contributed by atoms with Gasteiger partial charge >= 0.3 is 0 Å². The average Bonchev–Trinajstić information content (AvgIpc) is 2.36. The molecule has 4 N–H and O–H groups in total. The fourth-order valence-electron chi connectivity index (χ4n) is 1.22. The summed E-state index contributed by atoms with van der Waals surface area (Å²) in [6, 6.07) is 0. The number of amides is 2. The molecule has 0 atom stereocenters. The highest BCUT2D eigenvalue weighted by atomic mass is 16.2. The third-order valence-electron chi connectivity index (χ3n) is 2.47. The van der Waals surface area contributed by atoms with Crippen LogP contribution in [0.4, 0.5) is 5.82 Å². The number of anilines is 1. The molecule has 7 heteroatoms. The molecule has 0 saturated carbocycles. The Morgan fingerprint density at radius 2 is 2.05 bits per heavy atom. The van der Waals surface area contributed by atoms with E-state index in [1.165, 1.54) is 26.2 Å². The number of nitrogens with one attached hydrogen (secondary N) is 2. The van der Waals surface area contributed by atoms with Gasteiger partial charge < -0.3 is 16.4 Å². The van der Waals surface area contributed by atoms with Crippen molar-refractivity contribution in [2.24, 2.45) is 5.73 Å². The van der Waals surface area contributed by atoms with Crippen molar-refractivity contribution in [1.29, 1.82) is 0 Å². The Balaban J connectivity index is 2.80. The first-order valence-corrected chi connectivity index (χ1v) is 6.05. The number of aromatic nitrogens is 2. The van der Waals surface area contributed by atoms with Crippen molar-refractivity contribution in [3.8, 4) is 0 Å². The number of carbonyl (C=O) groups is 2. The highest BCUT2D eigenvalue weighted by molar-refractivity contribution is 5.97. The van der Waals surface area contributed by atoms with Gasteiger partial charge in [0.25, 0.3) is 5.91 Å². The van der Waals surface area contributed by atoms with Crippen molar-refractivity contribution in [1.82, 2.24) is 15.3 Å².